The molecule has 0 bridgehead atoms. The minimum atomic E-state index is -0.355. The molecule has 7 heteroatoms. The van der Waals surface area contributed by atoms with Crippen molar-refractivity contribution in [1.82, 2.24) is 5.32 Å². The predicted octanol–water partition coefficient (Wildman–Crippen LogP) is 4.85. The summed E-state index contributed by atoms with van der Waals surface area (Å²) in [6, 6.07) is 14.9. The van der Waals surface area contributed by atoms with Crippen LogP contribution in [-0.4, -0.2) is 19.0 Å². The number of amides is 1. The zero-order chi connectivity index (χ0) is 22.1. The van der Waals surface area contributed by atoms with Gasteiger partial charge in [0.15, 0.2) is 0 Å². The average Bonchev–Trinajstić information content (AvgIpc) is 3.22. The van der Waals surface area contributed by atoms with Crippen LogP contribution in [0.5, 0.6) is 5.75 Å². The number of hydrogen-bond acceptors (Lipinski definition) is 6. The Morgan fingerprint density at radius 1 is 1.03 bits per heavy atom. The van der Waals surface area contributed by atoms with Gasteiger partial charge in [0.05, 0.1) is 18.2 Å². The SMILES string of the molecule is COC(=O)c1ccc(COc2ccc(C3NC(=O)c4c(sc5c4CCCC5)N3)cc2)cc1. The van der Waals surface area contributed by atoms with Gasteiger partial charge in [0.25, 0.3) is 5.91 Å². The maximum Gasteiger partial charge on any atom is 0.337 e. The molecule has 2 aromatic carbocycles. The standard InChI is InChI=1S/C25H24N2O4S/c1-30-25(29)17-8-6-15(7-9-17)14-31-18-12-10-16(11-13-18)22-26-23(28)21-19-4-2-3-5-20(19)32-24(21)27-22/h6-13,22,27H,2-5,14H2,1H3,(H,26,28). The summed E-state index contributed by atoms with van der Waals surface area (Å²) in [6.07, 6.45) is 4.18. The first kappa shape index (κ1) is 20.6. The second kappa shape index (κ2) is 8.67. The molecule has 0 radical (unpaired) electrons. The lowest BCUT2D eigenvalue weighted by Crippen LogP contribution is -2.38. The molecular weight excluding hydrogens is 424 g/mol. The average molecular weight is 449 g/mol. The van der Waals surface area contributed by atoms with Crippen LogP contribution in [0.4, 0.5) is 5.00 Å². The van der Waals surface area contributed by atoms with E-state index in [-0.39, 0.29) is 18.0 Å². The highest BCUT2D eigenvalue weighted by molar-refractivity contribution is 7.16. The Morgan fingerprint density at radius 3 is 2.53 bits per heavy atom. The fourth-order valence-corrected chi connectivity index (χ4v) is 5.54. The number of aryl methyl sites for hydroxylation is 1. The minimum Gasteiger partial charge on any atom is -0.489 e. The van der Waals surface area contributed by atoms with Crippen LogP contribution >= 0.6 is 11.3 Å². The Labute approximate surface area is 190 Å². The Hall–Kier alpha value is -3.32. The first-order valence-electron chi connectivity index (χ1n) is 10.7. The van der Waals surface area contributed by atoms with Crippen molar-refractivity contribution in [1.29, 1.82) is 0 Å². The number of carbonyl (C=O) groups excluding carboxylic acids is 2. The number of hydrogen-bond donors (Lipinski definition) is 2. The fraction of sp³-hybridized carbons (Fsp3) is 0.280. The van der Waals surface area contributed by atoms with Gasteiger partial charge in [-0.1, -0.05) is 24.3 Å². The number of anilines is 1. The zero-order valence-corrected chi connectivity index (χ0v) is 18.6. The van der Waals surface area contributed by atoms with Crippen molar-refractivity contribution in [3.05, 3.63) is 81.2 Å². The molecule has 0 saturated heterocycles. The maximum absolute atomic E-state index is 12.8. The number of nitrogens with one attached hydrogen (secondary N) is 2. The van der Waals surface area contributed by atoms with Gasteiger partial charge >= 0.3 is 5.97 Å². The summed E-state index contributed by atoms with van der Waals surface area (Å²) in [7, 11) is 1.37. The maximum atomic E-state index is 12.8. The second-order valence-corrected chi connectivity index (χ2v) is 9.12. The number of esters is 1. The monoisotopic (exact) mass is 448 g/mol. The summed E-state index contributed by atoms with van der Waals surface area (Å²) in [6.45, 7) is 0.392. The Balaban J connectivity index is 1.24. The van der Waals surface area contributed by atoms with E-state index in [1.807, 2.05) is 36.4 Å². The number of fused-ring (bicyclic) bond motifs is 3. The molecule has 1 aliphatic heterocycles. The molecule has 2 N–H and O–H groups in total. The summed E-state index contributed by atoms with van der Waals surface area (Å²) in [4.78, 5) is 25.7. The summed E-state index contributed by atoms with van der Waals surface area (Å²) in [5.74, 6) is 0.394. The largest absolute Gasteiger partial charge is 0.489 e. The van der Waals surface area contributed by atoms with Crippen LogP contribution in [0, 0.1) is 0 Å². The number of ether oxygens (including phenoxy) is 2. The lowest BCUT2D eigenvalue weighted by molar-refractivity contribution is 0.0600. The predicted molar refractivity (Wildman–Crippen MR) is 123 cm³/mol. The van der Waals surface area contributed by atoms with Crippen molar-refractivity contribution in [2.24, 2.45) is 0 Å². The first-order valence-corrected chi connectivity index (χ1v) is 11.6. The van der Waals surface area contributed by atoms with E-state index >= 15 is 0 Å². The molecule has 1 amide bonds. The summed E-state index contributed by atoms with van der Waals surface area (Å²) >= 11 is 1.73. The molecule has 0 spiro atoms. The molecular formula is C25H24N2O4S. The summed E-state index contributed by atoms with van der Waals surface area (Å²) in [5, 5.41) is 7.59. The highest BCUT2D eigenvalue weighted by Gasteiger charge is 2.31. The highest BCUT2D eigenvalue weighted by atomic mass is 32.1. The molecule has 1 aliphatic carbocycles. The van der Waals surface area contributed by atoms with Crippen molar-refractivity contribution < 1.29 is 19.1 Å². The molecule has 164 valence electrons. The molecule has 6 nitrogen and oxygen atoms in total. The minimum absolute atomic E-state index is 0.0129. The van der Waals surface area contributed by atoms with Crippen molar-refractivity contribution >= 4 is 28.2 Å². The Bertz CT molecular complexity index is 1150. The van der Waals surface area contributed by atoms with E-state index in [1.54, 1.807) is 23.5 Å². The van der Waals surface area contributed by atoms with E-state index in [2.05, 4.69) is 10.6 Å². The Kier molecular flexibility index (Phi) is 5.57. The first-order chi connectivity index (χ1) is 15.6. The second-order valence-electron chi connectivity index (χ2n) is 8.01. The number of rotatable bonds is 5. The highest BCUT2D eigenvalue weighted by Crippen LogP contribution is 2.41. The molecule has 3 aromatic rings. The fourth-order valence-electron chi connectivity index (χ4n) is 4.22. The van der Waals surface area contributed by atoms with Gasteiger partial charge in [-0.2, -0.15) is 0 Å². The van der Waals surface area contributed by atoms with E-state index in [0.29, 0.717) is 12.2 Å². The Morgan fingerprint density at radius 2 is 1.78 bits per heavy atom. The van der Waals surface area contributed by atoms with Crippen molar-refractivity contribution in [3.8, 4) is 5.75 Å². The van der Waals surface area contributed by atoms with Crippen LogP contribution in [0.1, 0.15) is 61.3 Å². The van der Waals surface area contributed by atoms with E-state index < -0.39 is 0 Å². The zero-order valence-electron chi connectivity index (χ0n) is 17.8. The van der Waals surface area contributed by atoms with Crippen LogP contribution in [0.2, 0.25) is 0 Å². The van der Waals surface area contributed by atoms with Crippen LogP contribution < -0.4 is 15.4 Å². The third kappa shape index (κ3) is 3.96. The molecule has 32 heavy (non-hydrogen) atoms. The van der Waals surface area contributed by atoms with Crippen molar-refractivity contribution in [2.75, 3.05) is 12.4 Å². The molecule has 1 aromatic heterocycles. The van der Waals surface area contributed by atoms with Gasteiger partial charge in [-0.3, -0.25) is 4.79 Å². The van der Waals surface area contributed by atoms with Crippen LogP contribution in [0.25, 0.3) is 0 Å². The smallest absolute Gasteiger partial charge is 0.337 e. The summed E-state index contributed by atoms with van der Waals surface area (Å²) in [5.41, 5.74) is 4.53. The molecule has 2 heterocycles. The van der Waals surface area contributed by atoms with Gasteiger partial charge in [-0.25, -0.2) is 4.79 Å². The van der Waals surface area contributed by atoms with Crippen LogP contribution in [0.3, 0.4) is 0 Å². The van der Waals surface area contributed by atoms with Crippen LogP contribution in [-0.2, 0) is 24.2 Å². The van der Waals surface area contributed by atoms with E-state index in [1.165, 1.54) is 24.0 Å². The number of thiophene rings is 1. The van der Waals surface area contributed by atoms with Crippen molar-refractivity contribution in [3.63, 3.8) is 0 Å². The normalized spacial score (nSPS) is 16.9. The molecule has 1 unspecified atom stereocenters. The number of methoxy groups -OCH3 is 1. The summed E-state index contributed by atoms with van der Waals surface area (Å²) < 4.78 is 10.6. The van der Waals surface area contributed by atoms with Gasteiger partial charge in [0.1, 0.15) is 23.5 Å². The lowest BCUT2D eigenvalue weighted by Gasteiger charge is -2.27. The van der Waals surface area contributed by atoms with Gasteiger partial charge in [-0.15, -0.1) is 11.3 Å². The molecule has 0 fully saturated rings. The molecule has 0 saturated carbocycles. The lowest BCUT2D eigenvalue weighted by atomic mass is 9.94. The van der Waals surface area contributed by atoms with Gasteiger partial charge < -0.3 is 20.1 Å². The van der Waals surface area contributed by atoms with E-state index in [4.69, 9.17) is 9.47 Å². The molecule has 5 rings (SSSR count). The third-order valence-corrected chi connectivity index (χ3v) is 7.17. The number of benzene rings is 2. The van der Waals surface area contributed by atoms with Crippen molar-refractivity contribution in [2.45, 2.75) is 38.5 Å². The third-order valence-electron chi connectivity index (χ3n) is 5.94. The molecule has 1 atom stereocenters. The van der Waals surface area contributed by atoms with Crippen LogP contribution in [0.15, 0.2) is 48.5 Å². The topological polar surface area (TPSA) is 76.7 Å². The van der Waals surface area contributed by atoms with E-state index in [9.17, 15) is 9.59 Å². The number of carbonyl (C=O) groups is 2. The quantitative estimate of drug-likeness (QED) is 0.546. The van der Waals surface area contributed by atoms with Gasteiger partial charge in [0.2, 0.25) is 0 Å². The van der Waals surface area contributed by atoms with E-state index in [0.717, 1.165) is 46.7 Å². The van der Waals surface area contributed by atoms with Gasteiger partial charge in [0, 0.05) is 4.88 Å². The molecule has 2 aliphatic rings. The van der Waals surface area contributed by atoms with Gasteiger partial charge in [-0.05, 0) is 66.6 Å².